The summed E-state index contributed by atoms with van der Waals surface area (Å²) in [4.78, 5) is 2.23. The Morgan fingerprint density at radius 3 is 2.77 bits per heavy atom. The van der Waals surface area contributed by atoms with Crippen molar-refractivity contribution in [3.8, 4) is 11.8 Å². The summed E-state index contributed by atoms with van der Waals surface area (Å²) in [5.41, 5.74) is 0.621. The number of fused-ring (bicyclic) bond motifs is 1. The Morgan fingerprint density at radius 2 is 2.09 bits per heavy atom. The van der Waals surface area contributed by atoms with Gasteiger partial charge in [-0.05, 0) is 37.0 Å². The third-order valence-electron chi connectivity index (χ3n) is 5.40. The summed E-state index contributed by atoms with van der Waals surface area (Å²) in [7, 11) is 1.66. The van der Waals surface area contributed by atoms with E-state index >= 15 is 0 Å². The van der Waals surface area contributed by atoms with E-state index < -0.39 is 5.60 Å². The van der Waals surface area contributed by atoms with Crippen molar-refractivity contribution in [2.45, 2.75) is 43.7 Å². The van der Waals surface area contributed by atoms with Crippen LogP contribution in [0.15, 0.2) is 24.3 Å². The lowest BCUT2D eigenvalue weighted by Crippen LogP contribution is -2.54. The first-order valence-corrected chi connectivity index (χ1v) is 8.15. The van der Waals surface area contributed by atoms with Crippen LogP contribution >= 0.6 is 0 Å². The maximum atomic E-state index is 11.1. The summed E-state index contributed by atoms with van der Waals surface area (Å²) < 4.78 is 5.24. The summed E-state index contributed by atoms with van der Waals surface area (Å²) in [6, 6.07) is 10.5. The van der Waals surface area contributed by atoms with Crippen LogP contribution < -0.4 is 4.74 Å². The molecule has 2 aliphatic rings. The molecule has 1 N–H and O–H groups in total. The van der Waals surface area contributed by atoms with Gasteiger partial charge in [-0.3, -0.25) is 4.90 Å². The summed E-state index contributed by atoms with van der Waals surface area (Å²) in [5, 5.41) is 20.2. The third-order valence-corrected chi connectivity index (χ3v) is 5.40. The van der Waals surface area contributed by atoms with Crippen LogP contribution in [0.1, 0.15) is 43.7 Å². The molecule has 0 spiro atoms. The highest BCUT2D eigenvalue weighted by Gasteiger charge is 2.48. The molecule has 1 aliphatic heterocycles. The van der Waals surface area contributed by atoms with Crippen LogP contribution in [0.2, 0.25) is 0 Å². The number of ether oxygens (including phenoxy) is 1. The number of likely N-dealkylation sites (tertiary alicyclic amines) is 1. The molecule has 4 nitrogen and oxygen atoms in total. The van der Waals surface area contributed by atoms with Crippen molar-refractivity contribution in [2.75, 3.05) is 20.2 Å². The highest BCUT2D eigenvalue weighted by Crippen LogP contribution is 2.49. The molecular formula is C18H24N2O2. The second-order valence-corrected chi connectivity index (χ2v) is 6.55. The van der Waals surface area contributed by atoms with Crippen LogP contribution in [-0.4, -0.2) is 35.8 Å². The Hall–Kier alpha value is -1.57. The van der Waals surface area contributed by atoms with Gasteiger partial charge in [0.1, 0.15) is 5.75 Å². The molecule has 0 amide bonds. The number of hydrogen-bond acceptors (Lipinski definition) is 4. The van der Waals surface area contributed by atoms with E-state index in [0.29, 0.717) is 6.54 Å². The van der Waals surface area contributed by atoms with Crippen LogP contribution in [0.5, 0.6) is 5.75 Å². The van der Waals surface area contributed by atoms with Gasteiger partial charge >= 0.3 is 0 Å². The van der Waals surface area contributed by atoms with Crippen molar-refractivity contribution >= 4 is 0 Å². The molecule has 0 radical (unpaired) electrons. The third kappa shape index (κ3) is 2.71. The Balaban J connectivity index is 1.94. The number of aliphatic hydroxyl groups is 1. The van der Waals surface area contributed by atoms with Gasteiger partial charge in [0.25, 0.3) is 0 Å². The van der Waals surface area contributed by atoms with Gasteiger partial charge in [-0.25, -0.2) is 0 Å². The van der Waals surface area contributed by atoms with Crippen LogP contribution in [0.25, 0.3) is 0 Å². The maximum Gasteiger partial charge on any atom is 0.118 e. The zero-order valence-corrected chi connectivity index (χ0v) is 13.2. The summed E-state index contributed by atoms with van der Waals surface area (Å²) in [6.45, 7) is 1.21. The second-order valence-electron chi connectivity index (χ2n) is 6.55. The fourth-order valence-corrected chi connectivity index (χ4v) is 4.25. The number of hydrogen-bond donors (Lipinski definition) is 1. The Morgan fingerprint density at radius 1 is 1.32 bits per heavy atom. The standard InChI is InChI=1S/C18H24N2O2/c1-22-15-7-5-14(6-8-15)17-16-4-2-3-9-18(16,21)10-12-20(17)13-11-19/h5-8,16-17,21H,2-4,9-10,12-13H2,1H3/t16-,17+,18+/m0/s1. The van der Waals surface area contributed by atoms with E-state index in [0.717, 1.165) is 38.0 Å². The molecule has 1 saturated heterocycles. The van der Waals surface area contributed by atoms with Gasteiger partial charge < -0.3 is 9.84 Å². The summed E-state index contributed by atoms with van der Waals surface area (Å²) in [6.07, 6.45) is 4.99. The van der Waals surface area contributed by atoms with E-state index in [2.05, 4.69) is 23.1 Å². The van der Waals surface area contributed by atoms with E-state index in [-0.39, 0.29) is 12.0 Å². The molecule has 2 fully saturated rings. The monoisotopic (exact) mass is 300 g/mol. The molecule has 1 saturated carbocycles. The molecule has 3 rings (SSSR count). The zero-order chi connectivity index (χ0) is 15.6. The van der Waals surface area contributed by atoms with Crippen LogP contribution in [0.3, 0.4) is 0 Å². The molecule has 1 aromatic rings. The van der Waals surface area contributed by atoms with Crippen molar-refractivity contribution in [3.05, 3.63) is 29.8 Å². The first kappa shape index (κ1) is 15.3. The summed E-state index contributed by atoms with van der Waals surface area (Å²) in [5.74, 6) is 1.06. The Bertz CT molecular complexity index is 551. The highest BCUT2D eigenvalue weighted by atomic mass is 16.5. The van der Waals surface area contributed by atoms with Crippen LogP contribution in [0.4, 0.5) is 0 Å². The predicted molar refractivity (Wildman–Crippen MR) is 84.4 cm³/mol. The number of rotatable bonds is 3. The molecule has 4 heteroatoms. The molecule has 118 valence electrons. The van der Waals surface area contributed by atoms with Crippen molar-refractivity contribution < 1.29 is 9.84 Å². The largest absolute Gasteiger partial charge is 0.497 e. The average molecular weight is 300 g/mol. The minimum atomic E-state index is -0.561. The minimum absolute atomic E-state index is 0.129. The topological polar surface area (TPSA) is 56.5 Å². The van der Waals surface area contributed by atoms with Gasteiger partial charge in [0.2, 0.25) is 0 Å². The van der Waals surface area contributed by atoms with Gasteiger partial charge in [0.15, 0.2) is 0 Å². The lowest BCUT2D eigenvalue weighted by molar-refractivity contribution is -0.121. The van der Waals surface area contributed by atoms with Crippen molar-refractivity contribution in [2.24, 2.45) is 5.92 Å². The first-order valence-electron chi connectivity index (χ1n) is 8.15. The Labute approximate surface area is 132 Å². The first-order chi connectivity index (χ1) is 10.7. The molecule has 1 aliphatic carbocycles. The van der Waals surface area contributed by atoms with Crippen molar-refractivity contribution in [1.29, 1.82) is 5.26 Å². The van der Waals surface area contributed by atoms with Gasteiger partial charge in [0, 0.05) is 18.5 Å². The fourth-order valence-electron chi connectivity index (χ4n) is 4.25. The highest BCUT2D eigenvalue weighted by molar-refractivity contribution is 5.31. The minimum Gasteiger partial charge on any atom is -0.497 e. The van der Waals surface area contributed by atoms with Crippen LogP contribution in [-0.2, 0) is 0 Å². The van der Waals surface area contributed by atoms with Gasteiger partial charge in [0.05, 0.1) is 25.3 Å². The maximum absolute atomic E-state index is 11.1. The average Bonchev–Trinajstić information content (AvgIpc) is 2.55. The number of benzene rings is 1. The predicted octanol–water partition coefficient (Wildman–Crippen LogP) is 2.89. The second kappa shape index (κ2) is 6.28. The van der Waals surface area contributed by atoms with Crippen molar-refractivity contribution in [3.63, 3.8) is 0 Å². The smallest absolute Gasteiger partial charge is 0.118 e. The quantitative estimate of drug-likeness (QED) is 0.872. The van der Waals surface area contributed by atoms with Gasteiger partial charge in [-0.15, -0.1) is 0 Å². The molecule has 22 heavy (non-hydrogen) atoms. The Kier molecular flexibility index (Phi) is 4.37. The molecule has 0 unspecified atom stereocenters. The molecule has 0 bridgehead atoms. The van der Waals surface area contributed by atoms with E-state index in [1.165, 1.54) is 12.0 Å². The van der Waals surface area contributed by atoms with Crippen molar-refractivity contribution in [1.82, 2.24) is 4.90 Å². The molecule has 1 aromatic carbocycles. The molecular weight excluding hydrogens is 276 g/mol. The lowest BCUT2D eigenvalue weighted by atomic mass is 9.66. The zero-order valence-electron chi connectivity index (χ0n) is 13.2. The number of piperidine rings is 1. The fraction of sp³-hybridized carbons (Fsp3) is 0.611. The van der Waals surface area contributed by atoms with Gasteiger partial charge in [-0.2, -0.15) is 5.26 Å². The van der Waals surface area contributed by atoms with E-state index in [9.17, 15) is 5.11 Å². The molecule has 3 atom stereocenters. The number of nitriles is 1. The van der Waals surface area contributed by atoms with E-state index in [4.69, 9.17) is 10.00 Å². The summed E-state index contributed by atoms with van der Waals surface area (Å²) >= 11 is 0. The number of methoxy groups -OCH3 is 1. The number of nitrogens with zero attached hydrogens (tertiary/aromatic N) is 2. The molecule has 0 aromatic heterocycles. The lowest BCUT2D eigenvalue weighted by Gasteiger charge is -2.52. The van der Waals surface area contributed by atoms with E-state index in [1.54, 1.807) is 7.11 Å². The van der Waals surface area contributed by atoms with Gasteiger partial charge in [-0.1, -0.05) is 25.0 Å². The van der Waals surface area contributed by atoms with Crippen LogP contribution in [0, 0.1) is 17.2 Å². The SMILES string of the molecule is COc1ccc([C@@H]2[C@@H]3CCCC[C@@]3(O)CCN2CC#N)cc1. The molecule has 1 heterocycles. The normalized spacial score (nSPS) is 32.0. The van der Waals surface area contributed by atoms with E-state index in [1.807, 2.05) is 12.1 Å².